The average molecular weight is 826 g/mol. The molecule has 7 heteroatoms. The van der Waals surface area contributed by atoms with Gasteiger partial charge in [0.2, 0.25) is 0 Å². The number of pyridine rings is 2. The number of nitrogens with zero attached hydrogens (tertiary/aromatic N) is 7. The summed E-state index contributed by atoms with van der Waals surface area (Å²) in [4.78, 5) is 28.8. The molecule has 3 unspecified atom stereocenters. The summed E-state index contributed by atoms with van der Waals surface area (Å²) in [7, 11) is 0. The summed E-state index contributed by atoms with van der Waals surface area (Å²) in [5.74, 6) is 2.05. The van der Waals surface area contributed by atoms with Crippen molar-refractivity contribution < 1.29 is 0 Å². The molecule has 1 aliphatic heterocycles. The van der Waals surface area contributed by atoms with Gasteiger partial charge < -0.3 is 9.47 Å². The van der Waals surface area contributed by atoms with Crippen LogP contribution in [-0.2, 0) is 13.0 Å². The first-order chi connectivity index (χ1) is 31.8. The third-order valence-electron chi connectivity index (χ3n) is 13.1. The Bertz CT molecular complexity index is 3280. The SMILES string of the molecule is C1=CC2c3ccccc3N(C3=C(c4nc(-c5ccccc5)nc(-c5cccc(-c6ccccn6)c5CCn5c6ccccc6c6ccccc65)n4)C=CCC3c3ccccn3)C2C=C1. The second-order valence-corrected chi connectivity index (χ2v) is 16.6. The van der Waals surface area contributed by atoms with Crippen LogP contribution in [0.15, 0.2) is 212 Å². The molecule has 0 amide bonds. The third-order valence-corrected chi connectivity index (χ3v) is 13.1. The summed E-state index contributed by atoms with van der Waals surface area (Å²) in [5.41, 5.74) is 13.1. The van der Waals surface area contributed by atoms with Gasteiger partial charge in [-0.25, -0.2) is 15.0 Å². The monoisotopic (exact) mass is 825 g/mol. The van der Waals surface area contributed by atoms with Crippen molar-refractivity contribution in [3.8, 4) is 34.0 Å². The van der Waals surface area contributed by atoms with Crippen molar-refractivity contribution >= 4 is 33.1 Å². The number of anilines is 1. The predicted molar refractivity (Wildman–Crippen MR) is 258 cm³/mol. The summed E-state index contributed by atoms with van der Waals surface area (Å²) in [6.07, 6.45) is 18.8. The molecule has 0 saturated heterocycles. The van der Waals surface area contributed by atoms with Crippen molar-refractivity contribution in [3.63, 3.8) is 0 Å². The van der Waals surface area contributed by atoms with Gasteiger partial charge >= 0.3 is 0 Å². The topological polar surface area (TPSA) is 72.6 Å². The highest BCUT2D eigenvalue weighted by Crippen LogP contribution is 2.51. The van der Waals surface area contributed by atoms with Crippen LogP contribution in [0.3, 0.4) is 0 Å². The zero-order valence-corrected chi connectivity index (χ0v) is 35.1. The maximum absolute atomic E-state index is 5.57. The van der Waals surface area contributed by atoms with Crippen LogP contribution in [0.5, 0.6) is 0 Å². The Hall–Kier alpha value is -8.03. The number of benzene rings is 5. The van der Waals surface area contributed by atoms with Crippen LogP contribution in [0.4, 0.5) is 5.69 Å². The Kier molecular flexibility index (Phi) is 9.44. The lowest BCUT2D eigenvalue weighted by molar-refractivity contribution is 0.660. The van der Waals surface area contributed by atoms with Crippen LogP contribution in [0.2, 0.25) is 0 Å². The fourth-order valence-corrected chi connectivity index (χ4v) is 10.2. The van der Waals surface area contributed by atoms with E-state index in [1.165, 1.54) is 33.1 Å². The molecule has 0 spiro atoms. The summed E-state index contributed by atoms with van der Waals surface area (Å²) in [6, 6.07) is 55.4. The molecule has 0 bridgehead atoms. The maximum atomic E-state index is 5.57. The van der Waals surface area contributed by atoms with Crippen molar-refractivity contribution in [1.82, 2.24) is 29.5 Å². The van der Waals surface area contributed by atoms with Gasteiger partial charge in [-0.15, -0.1) is 0 Å². The number of para-hydroxylation sites is 3. The predicted octanol–water partition coefficient (Wildman–Crippen LogP) is 12.6. The molecule has 12 rings (SSSR count). The molecular formula is C57H43N7. The van der Waals surface area contributed by atoms with Gasteiger partial charge in [0.05, 0.1) is 11.7 Å². The van der Waals surface area contributed by atoms with E-state index in [2.05, 4.69) is 173 Å². The van der Waals surface area contributed by atoms with E-state index < -0.39 is 0 Å². The standard InChI is InChI=1S/C57H43N7/c1-2-18-38(19-3-1)55-60-56(45-25-16-24-40(48-28-12-14-35-58-48)39(45)34-37-63-50-30-8-4-20-41(50)42-21-5-9-31-51(42)63)62-57(61-55)47-27-17-26-46(49-29-13-15-36-59-49)54(47)64-52-32-10-6-22-43(52)44-23-7-11-33-53(44)64/h1-25,27-33,35-36,43,46,52H,26,34,37H2. The van der Waals surface area contributed by atoms with Crippen molar-refractivity contribution in [1.29, 1.82) is 0 Å². The largest absolute Gasteiger partial charge is 0.340 e. The van der Waals surface area contributed by atoms with Crippen molar-refractivity contribution in [2.45, 2.75) is 37.3 Å². The van der Waals surface area contributed by atoms with Gasteiger partial charge in [0.25, 0.3) is 0 Å². The lowest BCUT2D eigenvalue weighted by Crippen LogP contribution is -2.36. The quantitative estimate of drug-likeness (QED) is 0.144. The Morgan fingerprint density at radius 3 is 2.05 bits per heavy atom. The van der Waals surface area contributed by atoms with Gasteiger partial charge in [0, 0.05) is 91.9 Å². The number of hydrogen-bond acceptors (Lipinski definition) is 6. The first-order valence-corrected chi connectivity index (χ1v) is 22.1. The van der Waals surface area contributed by atoms with E-state index in [0.717, 1.165) is 64.3 Å². The highest BCUT2D eigenvalue weighted by Gasteiger charge is 2.42. The second-order valence-electron chi connectivity index (χ2n) is 16.6. The van der Waals surface area contributed by atoms with Crippen LogP contribution < -0.4 is 4.90 Å². The maximum Gasteiger partial charge on any atom is 0.165 e. The lowest BCUT2D eigenvalue weighted by Gasteiger charge is -2.37. The summed E-state index contributed by atoms with van der Waals surface area (Å²) < 4.78 is 2.45. The zero-order chi connectivity index (χ0) is 42.4. The van der Waals surface area contributed by atoms with E-state index >= 15 is 0 Å². The summed E-state index contributed by atoms with van der Waals surface area (Å²) in [5, 5.41) is 2.51. The van der Waals surface area contributed by atoms with Crippen molar-refractivity contribution in [2.75, 3.05) is 4.90 Å². The molecule has 0 fully saturated rings. The van der Waals surface area contributed by atoms with Crippen LogP contribution >= 0.6 is 0 Å². The zero-order valence-electron chi connectivity index (χ0n) is 35.1. The highest BCUT2D eigenvalue weighted by molar-refractivity contribution is 6.08. The lowest BCUT2D eigenvalue weighted by atomic mass is 9.86. The molecule has 3 atom stereocenters. The van der Waals surface area contributed by atoms with E-state index in [0.29, 0.717) is 17.5 Å². The van der Waals surface area contributed by atoms with Gasteiger partial charge in [-0.2, -0.15) is 0 Å². The minimum absolute atomic E-state index is 0.0398. The molecule has 5 aromatic carbocycles. The third kappa shape index (κ3) is 6.47. The molecule has 64 heavy (non-hydrogen) atoms. The molecule has 0 saturated carbocycles. The molecule has 5 heterocycles. The van der Waals surface area contributed by atoms with Crippen LogP contribution in [0.1, 0.15) is 40.9 Å². The number of aromatic nitrogens is 6. The molecule has 9 aromatic rings. The Labute approximate surface area is 372 Å². The average Bonchev–Trinajstić information content (AvgIpc) is 3.88. The number of rotatable bonds is 9. The Balaban J connectivity index is 1.08. The number of allylic oxidation sites excluding steroid dienone is 6. The van der Waals surface area contributed by atoms with Gasteiger partial charge in [0.15, 0.2) is 17.5 Å². The minimum atomic E-state index is -0.0398. The van der Waals surface area contributed by atoms with Crippen molar-refractivity contribution in [2.24, 2.45) is 0 Å². The Morgan fingerprint density at radius 1 is 0.562 bits per heavy atom. The molecule has 306 valence electrons. The van der Waals surface area contributed by atoms with Gasteiger partial charge in [-0.3, -0.25) is 9.97 Å². The van der Waals surface area contributed by atoms with Crippen LogP contribution in [-0.4, -0.2) is 35.5 Å². The van der Waals surface area contributed by atoms with Crippen LogP contribution in [0, 0.1) is 0 Å². The van der Waals surface area contributed by atoms with E-state index in [9.17, 15) is 0 Å². The van der Waals surface area contributed by atoms with E-state index in [-0.39, 0.29) is 17.9 Å². The molecule has 4 aromatic heterocycles. The summed E-state index contributed by atoms with van der Waals surface area (Å²) in [6.45, 7) is 0.747. The summed E-state index contributed by atoms with van der Waals surface area (Å²) >= 11 is 0. The van der Waals surface area contributed by atoms with E-state index in [4.69, 9.17) is 24.9 Å². The molecular weight excluding hydrogens is 783 g/mol. The van der Waals surface area contributed by atoms with Crippen LogP contribution in [0.25, 0.3) is 61.4 Å². The number of hydrogen-bond donors (Lipinski definition) is 0. The smallest absolute Gasteiger partial charge is 0.165 e. The Morgan fingerprint density at radius 2 is 1.25 bits per heavy atom. The molecule has 7 nitrogen and oxygen atoms in total. The van der Waals surface area contributed by atoms with Gasteiger partial charge in [-0.05, 0) is 66.4 Å². The molecule has 0 radical (unpaired) electrons. The number of fused-ring (bicyclic) bond motifs is 6. The molecule has 2 aliphatic carbocycles. The van der Waals surface area contributed by atoms with Gasteiger partial charge in [0.1, 0.15) is 0 Å². The number of aryl methyl sites for hydroxylation is 1. The second kappa shape index (κ2) is 16.0. The molecule has 0 N–H and O–H groups in total. The van der Waals surface area contributed by atoms with E-state index in [1.807, 2.05) is 42.7 Å². The fraction of sp³-hybridized carbons (Fsp3) is 0.105. The van der Waals surface area contributed by atoms with Crippen molar-refractivity contribution in [3.05, 3.63) is 235 Å². The van der Waals surface area contributed by atoms with E-state index in [1.54, 1.807) is 0 Å². The first-order valence-electron chi connectivity index (χ1n) is 22.1. The minimum Gasteiger partial charge on any atom is -0.340 e. The first kappa shape index (κ1) is 37.7. The molecule has 3 aliphatic rings. The normalized spacial score (nSPS) is 17.6. The fourth-order valence-electron chi connectivity index (χ4n) is 10.2. The highest BCUT2D eigenvalue weighted by atomic mass is 15.2. The van der Waals surface area contributed by atoms with Gasteiger partial charge in [-0.1, -0.05) is 152 Å².